The van der Waals surface area contributed by atoms with Crippen molar-refractivity contribution in [2.75, 3.05) is 19.8 Å². The minimum absolute atomic E-state index is 0.0237. The Morgan fingerprint density at radius 1 is 1.23 bits per heavy atom. The molecule has 3 rings (SSSR count). The van der Waals surface area contributed by atoms with Gasteiger partial charge in [0.1, 0.15) is 12.7 Å². The summed E-state index contributed by atoms with van der Waals surface area (Å²) in [5.74, 6) is -0.567. The minimum Gasteiger partial charge on any atom is -0.373 e. The van der Waals surface area contributed by atoms with E-state index in [1.54, 1.807) is 0 Å². The van der Waals surface area contributed by atoms with E-state index in [0.29, 0.717) is 25.6 Å². The normalized spacial score (nSPS) is 39.0. The highest BCUT2D eigenvalue weighted by Crippen LogP contribution is 2.47. The van der Waals surface area contributed by atoms with Crippen LogP contribution in [0.3, 0.4) is 0 Å². The number of rotatable bonds is 7. The molecule has 2 heterocycles. The van der Waals surface area contributed by atoms with Crippen molar-refractivity contribution in [1.29, 1.82) is 0 Å². The minimum atomic E-state index is -0.692. The van der Waals surface area contributed by atoms with Crippen molar-refractivity contribution >= 4 is 0 Å². The number of hydrogen-bond acceptors (Lipinski definition) is 4. The summed E-state index contributed by atoms with van der Waals surface area (Å²) in [5, 5.41) is 0. The summed E-state index contributed by atoms with van der Waals surface area (Å²) < 4.78 is 24.5. The summed E-state index contributed by atoms with van der Waals surface area (Å²) >= 11 is 0. The van der Waals surface area contributed by atoms with Gasteiger partial charge in [-0.3, -0.25) is 0 Å². The molecule has 0 aromatic rings. The Hall–Kier alpha value is -0.420. The van der Waals surface area contributed by atoms with Crippen LogP contribution in [0.25, 0.3) is 0 Å². The van der Waals surface area contributed by atoms with Crippen molar-refractivity contribution in [3.8, 4) is 0 Å². The average molecular weight is 310 g/mol. The molecule has 0 aromatic heterocycles. The summed E-state index contributed by atoms with van der Waals surface area (Å²) in [4.78, 5) is 0. The van der Waals surface area contributed by atoms with Gasteiger partial charge in [0.25, 0.3) is 0 Å². The number of ether oxygens (including phenoxy) is 4. The lowest BCUT2D eigenvalue weighted by molar-refractivity contribution is -0.327. The lowest BCUT2D eigenvalue weighted by Gasteiger charge is -2.42. The van der Waals surface area contributed by atoms with Gasteiger partial charge in [-0.15, -0.1) is 6.58 Å². The van der Waals surface area contributed by atoms with E-state index in [1.165, 1.54) is 32.1 Å². The van der Waals surface area contributed by atoms with Crippen molar-refractivity contribution in [2.24, 2.45) is 5.92 Å². The molecule has 126 valence electrons. The molecule has 2 aliphatic heterocycles. The van der Waals surface area contributed by atoms with Crippen LogP contribution in [0.15, 0.2) is 12.7 Å². The van der Waals surface area contributed by atoms with Crippen LogP contribution in [0.2, 0.25) is 0 Å². The van der Waals surface area contributed by atoms with Gasteiger partial charge in [-0.2, -0.15) is 0 Å². The lowest BCUT2D eigenvalue weighted by atomic mass is 9.90. The van der Waals surface area contributed by atoms with Crippen LogP contribution < -0.4 is 0 Å². The van der Waals surface area contributed by atoms with E-state index < -0.39 is 11.6 Å². The number of hydrogen-bond donors (Lipinski definition) is 0. The van der Waals surface area contributed by atoms with E-state index in [9.17, 15) is 0 Å². The largest absolute Gasteiger partial charge is 0.373 e. The van der Waals surface area contributed by atoms with Gasteiger partial charge in [-0.25, -0.2) is 0 Å². The Morgan fingerprint density at radius 3 is 2.77 bits per heavy atom. The molecule has 0 amide bonds. The molecule has 22 heavy (non-hydrogen) atoms. The summed E-state index contributed by atoms with van der Waals surface area (Å²) in [6.07, 6.45) is 10.9. The molecule has 2 saturated heterocycles. The van der Waals surface area contributed by atoms with E-state index in [4.69, 9.17) is 18.9 Å². The van der Waals surface area contributed by atoms with E-state index in [0.717, 1.165) is 19.4 Å². The van der Waals surface area contributed by atoms with Crippen LogP contribution in [-0.2, 0) is 18.9 Å². The van der Waals surface area contributed by atoms with Crippen molar-refractivity contribution in [2.45, 2.75) is 76.0 Å². The Bertz CT molecular complexity index is 379. The molecule has 0 aromatic carbocycles. The molecule has 0 spiro atoms. The van der Waals surface area contributed by atoms with Gasteiger partial charge in [0.15, 0.2) is 5.79 Å². The predicted octanol–water partition coefficient (Wildman–Crippen LogP) is 3.80. The summed E-state index contributed by atoms with van der Waals surface area (Å²) in [6.45, 7) is 7.84. The van der Waals surface area contributed by atoms with Gasteiger partial charge < -0.3 is 18.9 Å². The smallest absolute Gasteiger partial charge is 0.201 e. The van der Waals surface area contributed by atoms with Crippen molar-refractivity contribution in [1.82, 2.24) is 0 Å². The second-order valence-corrected chi connectivity index (χ2v) is 6.90. The molecule has 4 heteroatoms. The Kier molecular flexibility index (Phi) is 5.23. The quantitative estimate of drug-likeness (QED) is 0.670. The van der Waals surface area contributed by atoms with Crippen LogP contribution in [-0.4, -0.2) is 37.5 Å². The fourth-order valence-electron chi connectivity index (χ4n) is 4.07. The summed E-state index contributed by atoms with van der Waals surface area (Å²) in [5.41, 5.74) is 0. The van der Waals surface area contributed by atoms with Gasteiger partial charge in [0, 0.05) is 19.4 Å². The second kappa shape index (κ2) is 7.00. The van der Waals surface area contributed by atoms with Crippen LogP contribution in [0, 0.1) is 5.92 Å². The molecule has 4 nitrogen and oxygen atoms in total. The molecule has 2 bridgehead atoms. The molecular formula is C18H30O4. The standard InChI is InChI=1S/C18H30O4/c1-3-11-18-16(19-4-2)10-12-17(22-18,14-21-18)20-13-15-8-6-5-7-9-15/h3,15-16H,1,4-14H2,2H3/t16-,17-,18?/m1/s1. The summed E-state index contributed by atoms with van der Waals surface area (Å²) in [7, 11) is 0. The molecule has 3 atom stereocenters. The van der Waals surface area contributed by atoms with Gasteiger partial charge in [0.2, 0.25) is 5.79 Å². The first-order valence-corrected chi connectivity index (χ1v) is 8.92. The SMILES string of the molecule is C=CCC12OC[C@@](OCC3CCCCC3)(CC[C@H]1OCC)O2. The zero-order valence-corrected chi connectivity index (χ0v) is 13.9. The molecular weight excluding hydrogens is 280 g/mol. The van der Waals surface area contributed by atoms with E-state index in [1.807, 2.05) is 13.0 Å². The molecule has 1 saturated carbocycles. The van der Waals surface area contributed by atoms with Gasteiger partial charge in [-0.05, 0) is 32.1 Å². The van der Waals surface area contributed by atoms with Gasteiger partial charge in [-0.1, -0.05) is 25.3 Å². The fraction of sp³-hybridized carbons (Fsp3) is 0.889. The highest BCUT2D eigenvalue weighted by atomic mass is 16.8. The lowest BCUT2D eigenvalue weighted by Crippen LogP contribution is -2.52. The molecule has 1 unspecified atom stereocenters. The average Bonchev–Trinajstić information content (AvgIpc) is 2.85. The van der Waals surface area contributed by atoms with Crippen LogP contribution in [0.5, 0.6) is 0 Å². The van der Waals surface area contributed by atoms with Crippen LogP contribution >= 0.6 is 0 Å². The number of fused-ring (bicyclic) bond motifs is 2. The highest BCUT2D eigenvalue weighted by molar-refractivity contribution is 4.99. The molecule has 0 radical (unpaired) electrons. The molecule has 1 aliphatic carbocycles. The third-order valence-corrected chi connectivity index (χ3v) is 5.28. The molecule has 3 aliphatic rings. The first-order chi connectivity index (χ1) is 10.7. The van der Waals surface area contributed by atoms with Crippen molar-refractivity contribution in [3.63, 3.8) is 0 Å². The van der Waals surface area contributed by atoms with E-state index in [-0.39, 0.29) is 6.10 Å². The third kappa shape index (κ3) is 3.25. The molecule has 3 fully saturated rings. The fourth-order valence-corrected chi connectivity index (χ4v) is 4.07. The van der Waals surface area contributed by atoms with Gasteiger partial charge >= 0.3 is 0 Å². The first kappa shape index (κ1) is 16.4. The van der Waals surface area contributed by atoms with E-state index in [2.05, 4.69) is 6.58 Å². The predicted molar refractivity (Wildman–Crippen MR) is 84.5 cm³/mol. The zero-order valence-electron chi connectivity index (χ0n) is 13.9. The maximum atomic E-state index is 6.33. The zero-order chi connectivity index (χ0) is 15.5. The Labute approximate surface area is 134 Å². The van der Waals surface area contributed by atoms with E-state index >= 15 is 0 Å². The Balaban J connectivity index is 1.62. The third-order valence-electron chi connectivity index (χ3n) is 5.28. The monoisotopic (exact) mass is 310 g/mol. The van der Waals surface area contributed by atoms with Crippen LogP contribution in [0.4, 0.5) is 0 Å². The van der Waals surface area contributed by atoms with Crippen molar-refractivity contribution < 1.29 is 18.9 Å². The second-order valence-electron chi connectivity index (χ2n) is 6.90. The highest BCUT2D eigenvalue weighted by Gasteiger charge is 2.59. The molecule has 0 N–H and O–H groups in total. The maximum Gasteiger partial charge on any atom is 0.201 e. The van der Waals surface area contributed by atoms with Crippen molar-refractivity contribution in [3.05, 3.63) is 12.7 Å². The first-order valence-electron chi connectivity index (χ1n) is 8.92. The Morgan fingerprint density at radius 2 is 2.05 bits per heavy atom. The van der Waals surface area contributed by atoms with Crippen LogP contribution in [0.1, 0.15) is 58.3 Å². The summed E-state index contributed by atoms with van der Waals surface area (Å²) in [6, 6.07) is 0. The maximum absolute atomic E-state index is 6.33. The van der Waals surface area contributed by atoms with Gasteiger partial charge in [0.05, 0.1) is 6.61 Å². The topological polar surface area (TPSA) is 36.9 Å².